The van der Waals surface area contributed by atoms with Gasteiger partial charge in [-0.2, -0.15) is 0 Å². The average Bonchev–Trinajstić information content (AvgIpc) is 3.11. The zero-order chi connectivity index (χ0) is 20.1. The number of benzene rings is 2. The number of ether oxygens (including phenoxy) is 1. The second kappa shape index (κ2) is 9.55. The van der Waals surface area contributed by atoms with E-state index >= 15 is 0 Å². The summed E-state index contributed by atoms with van der Waals surface area (Å²) in [6, 6.07) is 15.7. The summed E-state index contributed by atoms with van der Waals surface area (Å²) in [4.78, 5) is 14.7. The lowest BCUT2D eigenvalue weighted by Crippen LogP contribution is -2.40. The standard InChI is InChI=1S/C25H32N2O2/c1-19(11-12-27-13-15-29-16-14-27)26-25(28)8-4-5-20-9-10-22-18-21-6-2-3-7-23(21)24(22)17-20/h2-3,6-7,9-10,17,19H,4-5,8,11-16,18H2,1H3,(H,26,28). The lowest BCUT2D eigenvalue weighted by Gasteiger charge is -2.27. The Labute approximate surface area is 174 Å². The highest BCUT2D eigenvalue weighted by Gasteiger charge is 2.18. The summed E-state index contributed by atoms with van der Waals surface area (Å²) >= 11 is 0. The molecule has 0 saturated carbocycles. The van der Waals surface area contributed by atoms with Gasteiger partial charge in [-0.3, -0.25) is 9.69 Å². The fourth-order valence-electron chi connectivity index (χ4n) is 4.40. The number of nitrogens with zero attached hydrogens (tertiary/aromatic N) is 1. The molecule has 0 aromatic heterocycles. The maximum Gasteiger partial charge on any atom is 0.220 e. The fourth-order valence-corrected chi connectivity index (χ4v) is 4.40. The molecular formula is C25H32N2O2. The Bertz CT molecular complexity index is 842. The van der Waals surface area contributed by atoms with Crippen molar-refractivity contribution in [2.45, 2.75) is 45.1 Å². The largest absolute Gasteiger partial charge is 0.379 e. The zero-order valence-electron chi connectivity index (χ0n) is 17.5. The van der Waals surface area contributed by atoms with Crippen molar-refractivity contribution in [3.8, 4) is 11.1 Å². The third kappa shape index (κ3) is 5.26. The molecule has 2 aromatic carbocycles. The van der Waals surface area contributed by atoms with Crippen molar-refractivity contribution in [1.29, 1.82) is 0 Å². The molecule has 1 atom stereocenters. The number of carbonyl (C=O) groups is 1. The number of nitrogens with one attached hydrogen (secondary N) is 1. The van der Waals surface area contributed by atoms with E-state index in [0.29, 0.717) is 6.42 Å². The molecule has 1 amide bonds. The van der Waals surface area contributed by atoms with Gasteiger partial charge in [0.1, 0.15) is 0 Å². The van der Waals surface area contributed by atoms with Gasteiger partial charge < -0.3 is 10.1 Å². The molecule has 0 spiro atoms. The quantitative estimate of drug-likeness (QED) is 0.634. The number of hydrogen-bond acceptors (Lipinski definition) is 3. The van der Waals surface area contributed by atoms with Crippen molar-refractivity contribution < 1.29 is 9.53 Å². The predicted molar refractivity (Wildman–Crippen MR) is 117 cm³/mol. The van der Waals surface area contributed by atoms with Gasteiger partial charge in [-0.05, 0) is 60.4 Å². The number of rotatable bonds is 8. The van der Waals surface area contributed by atoms with Crippen LogP contribution >= 0.6 is 0 Å². The third-order valence-corrected chi connectivity index (χ3v) is 6.12. The van der Waals surface area contributed by atoms with E-state index in [1.54, 1.807) is 0 Å². The molecule has 1 N–H and O–H groups in total. The number of aryl methyl sites for hydroxylation is 1. The molecule has 1 saturated heterocycles. The first-order chi connectivity index (χ1) is 14.2. The second-order valence-corrected chi connectivity index (χ2v) is 8.39. The topological polar surface area (TPSA) is 41.6 Å². The molecule has 1 unspecified atom stereocenters. The van der Waals surface area contributed by atoms with Crippen LogP contribution in [0.15, 0.2) is 42.5 Å². The van der Waals surface area contributed by atoms with Crippen LogP contribution in [0.25, 0.3) is 11.1 Å². The Morgan fingerprint density at radius 3 is 2.76 bits per heavy atom. The van der Waals surface area contributed by atoms with Crippen molar-refractivity contribution in [1.82, 2.24) is 10.2 Å². The zero-order valence-corrected chi connectivity index (χ0v) is 17.5. The van der Waals surface area contributed by atoms with E-state index in [-0.39, 0.29) is 11.9 Å². The van der Waals surface area contributed by atoms with E-state index < -0.39 is 0 Å². The Balaban J connectivity index is 1.20. The summed E-state index contributed by atoms with van der Waals surface area (Å²) < 4.78 is 5.38. The van der Waals surface area contributed by atoms with E-state index in [4.69, 9.17) is 4.74 Å². The minimum atomic E-state index is 0.172. The molecule has 2 aliphatic rings. The average molecular weight is 393 g/mol. The number of hydrogen-bond donors (Lipinski definition) is 1. The number of morpholine rings is 1. The Morgan fingerprint density at radius 2 is 1.90 bits per heavy atom. The van der Waals surface area contributed by atoms with Gasteiger partial charge in [-0.1, -0.05) is 42.5 Å². The van der Waals surface area contributed by atoms with Gasteiger partial charge in [-0.25, -0.2) is 0 Å². The summed E-state index contributed by atoms with van der Waals surface area (Å²) in [7, 11) is 0. The highest BCUT2D eigenvalue weighted by Crippen LogP contribution is 2.36. The Morgan fingerprint density at radius 1 is 1.10 bits per heavy atom. The summed E-state index contributed by atoms with van der Waals surface area (Å²) in [5, 5.41) is 3.16. The van der Waals surface area contributed by atoms with Gasteiger partial charge in [0.15, 0.2) is 0 Å². The van der Waals surface area contributed by atoms with Crippen LogP contribution in [0, 0.1) is 0 Å². The van der Waals surface area contributed by atoms with Crippen molar-refractivity contribution in [2.24, 2.45) is 0 Å². The van der Waals surface area contributed by atoms with E-state index in [1.807, 2.05) is 0 Å². The summed E-state index contributed by atoms with van der Waals surface area (Å²) in [5.41, 5.74) is 6.91. The van der Waals surface area contributed by atoms with Crippen LogP contribution in [0.1, 0.15) is 42.9 Å². The molecule has 154 valence electrons. The number of amides is 1. The summed E-state index contributed by atoms with van der Waals surface area (Å²) in [6.45, 7) is 6.81. The van der Waals surface area contributed by atoms with Crippen LogP contribution in [-0.4, -0.2) is 49.7 Å². The minimum Gasteiger partial charge on any atom is -0.379 e. The summed E-state index contributed by atoms with van der Waals surface area (Å²) in [6.07, 6.45) is 4.47. The van der Waals surface area contributed by atoms with Gasteiger partial charge in [0.25, 0.3) is 0 Å². The van der Waals surface area contributed by atoms with Crippen molar-refractivity contribution in [2.75, 3.05) is 32.8 Å². The maximum absolute atomic E-state index is 12.3. The maximum atomic E-state index is 12.3. The monoisotopic (exact) mass is 392 g/mol. The second-order valence-electron chi connectivity index (χ2n) is 8.39. The fraction of sp³-hybridized carbons (Fsp3) is 0.480. The molecule has 2 aromatic rings. The molecule has 4 nitrogen and oxygen atoms in total. The third-order valence-electron chi connectivity index (χ3n) is 6.12. The van der Waals surface area contributed by atoms with E-state index in [0.717, 1.165) is 58.5 Å². The van der Waals surface area contributed by atoms with Crippen LogP contribution in [0.5, 0.6) is 0 Å². The Hall–Kier alpha value is -2.17. The van der Waals surface area contributed by atoms with Crippen LogP contribution < -0.4 is 5.32 Å². The first-order valence-electron chi connectivity index (χ1n) is 11.0. The molecule has 1 heterocycles. The van der Waals surface area contributed by atoms with Gasteiger partial charge in [-0.15, -0.1) is 0 Å². The molecule has 0 bridgehead atoms. The molecule has 1 fully saturated rings. The molecule has 1 aliphatic carbocycles. The molecule has 29 heavy (non-hydrogen) atoms. The summed E-state index contributed by atoms with van der Waals surface area (Å²) in [5.74, 6) is 0.172. The van der Waals surface area contributed by atoms with E-state index in [1.165, 1.54) is 27.8 Å². The minimum absolute atomic E-state index is 0.172. The van der Waals surface area contributed by atoms with Gasteiger partial charge in [0, 0.05) is 32.1 Å². The van der Waals surface area contributed by atoms with Crippen LogP contribution in [-0.2, 0) is 22.4 Å². The van der Waals surface area contributed by atoms with Crippen LogP contribution in [0.3, 0.4) is 0 Å². The number of carbonyl (C=O) groups excluding carboxylic acids is 1. The van der Waals surface area contributed by atoms with Crippen molar-refractivity contribution in [3.63, 3.8) is 0 Å². The molecular weight excluding hydrogens is 360 g/mol. The normalized spacial score (nSPS) is 16.9. The lowest BCUT2D eigenvalue weighted by atomic mass is 10.00. The molecule has 4 rings (SSSR count). The first kappa shape index (κ1) is 20.1. The van der Waals surface area contributed by atoms with Crippen LogP contribution in [0.2, 0.25) is 0 Å². The predicted octanol–water partition coefficient (Wildman–Crippen LogP) is 3.81. The van der Waals surface area contributed by atoms with Crippen molar-refractivity contribution in [3.05, 3.63) is 59.2 Å². The van der Waals surface area contributed by atoms with Crippen LogP contribution in [0.4, 0.5) is 0 Å². The van der Waals surface area contributed by atoms with E-state index in [9.17, 15) is 4.79 Å². The Kier molecular flexibility index (Phi) is 6.63. The molecule has 4 heteroatoms. The van der Waals surface area contributed by atoms with Gasteiger partial charge in [0.2, 0.25) is 5.91 Å². The highest BCUT2D eigenvalue weighted by molar-refractivity contribution is 5.77. The smallest absolute Gasteiger partial charge is 0.220 e. The molecule has 0 radical (unpaired) electrons. The SMILES string of the molecule is CC(CCN1CCOCC1)NC(=O)CCCc1ccc2c(c1)-c1ccccc1C2. The van der Waals surface area contributed by atoms with E-state index in [2.05, 4.69) is 59.6 Å². The lowest BCUT2D eigenvalue weighted by molar-refractivity contribution is -0.121. The highest BCUT2D eigenvalue weighted by atomic mass is 16.5. The first-order valence-corrected chi connectivity index (χ1v) is 11.0. The van der Waals surface area contributed by atoms with Crippen molar-refractivity contribution >= 4 is 5.91 Å². The van der Waals surface area contributed by atoms with Gasteiger partial charge in [0.05, 0.1) is 13.2 Å². The molecule has 1 aliphatic heterocycles. The number of fused-ring (bicyclic) bond motifs is 3. The van der Waals surface area contributed by atoms with Gasteiger partial charge >= 0.3 is 0 Å².